The molecule has 0 aromatic carbocycles. The summed E-state index contributed by atoms with van der Waals surface area (Å²) in [6.07, 6.45) is 6.25. The lowest BCUT2D eigenvalue weighted by Gasteiger charge is -2.33. The van der Waals surface area contributed by atoms with Gasteiger partial charge in [0.15, 0.2) is 5.82 Å². The summed E-state index contributed by atoms with van der Waals surface area (Å²) in [6, 6.07) is 0. The highest BCUT2D eigenvalue weighted by atomic mass is 16.5. The number of hydrogen-bond acceptors (Lipinski definition) is 6. The molecule has 2 heterocycles. The zero-order chi connectivity index (χ0) is 14.2. The van der Waals surface area contributed by atoms with Gasteiger partial charge in [-0.25, -0.2) is 9.97 Å². The van der Waals surface area contributed by atoms with E-state index in [0.29, 0.717) is 5.88 Å². The molecule has 3 rings (SSSR count). The van der Waals surface area contributed by atoms with Gasteiger partial charge in [-0.1, -0.05) is 0 Å². The van der Waals surface area contributed by atoms with E-state index in [4.69, 9.17) is 9.47 Å². The molecule has 1 aliphatic heterocycles. The van der Waals surface area contributed by atoms with Gasteiger partial charge < -0.3 is 14.4 Å². The second-order valence-electron chi connectivity index (χ2n) is 5.52. The predicted octanol–water partition coefficient (Wildman–Crippen LogP) is 1.26. The molecule has 1 aromatic rings. The Balaban J connectivity index is 1.66. The largest absolute Gasteiger partial charge is 0.478 e. The molecule has 1 aliphatic carbocycles. The van der Waals surface area contributed by atoms with Crippen LogP contribution in [0.2, 0.25) is 0 Å². The van der Waals surface area contributed by atoms with Crippen LogP contribution < -0.4 is 9.64 Å². The zero-order valence-electron chi connectivity index (χ0n) is 11.8. The molecule has 0 amide bonds. The number of hydrogen-bond donors (Lipinski definition) is 0. The summed E-state index contributed by atoms with van der Waals surface area (Å²) in [5.41, 5.74) is 0.166. The number of piperidine rings is 1. The Morgan fingerprint density at radius 1 is 1.30 bits per heavy atom. The first-order valence-electron chi connectivity index (χ1n) is 6.88. The topological polar surface area (TPSA) is 64.5 Å². The SMILES string of the molecule is COC(=O)C1CC12CCN(c1nccnc1OC)CC2. The van der Waals surface area contributed by atoms with Crippen molar-refractivity contribution in [3.05, 3.63) is 12.4 Å². The average Bonchev–Trinajstić information content (AvgIpc) is 3.21. The summed E-state index contributed by atoms with van der Waals surface area (Å²) in [5.74, 6) is 1.39. The van der Waals surface area contributed by atoms with E-state index in [-0.39, 0.29) is 17.3 Å². The Morgan fingerprint density at radius 3 is 2.65 bits per heavy atom. The van der Waals surface area contributed by atoms with E-state index in [9.17, 15) is 4.79 Å². The molecule has 1 spiro atoms. The first-order valence-corrected chi connectivity index (χ1v) is 6.88. The number of anilines is 1. The molecule has 1 atom stereocenters. The minimum atomic E-state index is -0.0597. The summed E-state index contributed by atoms with van der Waals surface area (Å²) in [7, 11) is 3.07. The van der Waals surface area contributed by atoms with Crippen LogP contribution in [0.3, 0.4) is 0 Å². The van der Waals surface area contributed by atoms with E-state index in [2.05, 4.69) is 14.9 Å². The van der Waals surface area contributed by atoms with Gasteiger partial charge in [-0.05, 0) is 24.7 Å². The summed E-state index contributed by atoms with van der Waals surface area (Å²) in [6.45, 7) is 1.76. The maximum Gasteiger partial charge on any atom is 0.309 e. The van der Waals surface area contributed by atoms with E-state index in [1.807, 2.05) is 0 Å². The van der Waals surface area contributed by atoms with Crippen LogP contribution in [0.5, 0.6) is 5.88 Å². The van der Waals surface area contributed by atoms with Gasteiger partial charge in [-0.3, -0.25) is 4.79 Å². The van der Waals surface area contributed by atoms with Crippen molar-refractivity contribution in [1.29, 1.82) is 0 Å². The third-order valence-corrected chi connectivity index (χ3v) is 4.57. The Bertz CT molecular complexity index is 512. The molecular weight excluding hydrogens is 258 g/mol. The van der Waals surface area contributed by atoms with Crippen molar-refractivity contribution in [3.8, 4) is 5.88 Å². The molecule has 6 nitrogen and oxygen atoms in total. The standard InChI is InChI=1S/C14H19N3O3/c1-19-12-11(15-5-6-16-12)17-7-3-14(4-8-17)9-10(14)13(18)20-2/h5-6,10H,3-4,7-9H2,1-2H3. The summed E-state index contributed by atoms with van der Waals surface area (Å²) < 4.78 is 10.1. The van der Waals surface area contributed by atoms with E-state index in [1.54, 1.807) is 19.5 Å². The third kappa shape index (κ3) is 2.09. The number of esters is 1. The fourth-order valence-corrected chi connectivity index (χ4v) is 3.22. The Kier molecular flexibility index (Phi) is 3.23. The first kappa shape index (κ1) is 13.1. The summed E-state index contributed by atoms with van der Waals surface area (Å²) in [4.78, 5) is 22.3. The smallest absolute Gasteiger partial charge is 0.309 e. The quantitative estimate of drug-likeness (QED) is 0.775. The highest BCUT2D eigenvalue weighted by Gasteiger charge is 2.59. The predicted molar refractivity (Wildman–Crippen MR) is 72.6 cm³/mol. The van der Waals surface area contributed by atoms with Crippen LogP contribution in [-0.4, -0.2) is 43.2 Å². The van der Waals surface area contributed by atoms with Crippen LogP contribution in [0.15, 0.2) is 12.4 Å². The van der Waals surface area contributed by atoms with Crippen molar-refractivity contribution in [2.24, 2.45) is 11.3 Å². The molecule has 6 heteroatoms. The van der Waals surface area contributed by atoms with Crippen LogP contribution in [0.1, 0.15) is 19.3 Å². The number of rotatable bonds is 3. The normalized spacial score (nSPS) is 23.5. The molecule has 1 unspecified atom stereocenters. The van der Waals surface area contributed by atoms with E-state index >= 15 is 0 Å². The van der Waals surface area contributed by atoms with E-state index in [1.165, 1.54) is 7.11 Å². The number of nitrogens with zero attached hydrogens (tertiary/aromatic N) is 3. The molecule has 1 saturated heterocycles. The molecule has 0 bridgehead atoms. The van der Waals surface area contributed by atoms with Crippen LogP contribution in [0, 0.1) is 11.3 Å². The maximum absolute atomic E-state index is 11.6. The fourth-order valence-electron chi connectivity index (χ4n) is 3.22. The number of ether oxygens (including phenoxy) is 2. The van der Waals surface area contributed by atoms with Crippen molar-refractivity contribution in [2.75, 3.05) is 32.2 Å². The minimum absolute atomic E-state index is 0.0597. The molecule has 2 aliphatic rings. The van der Waals surface area contributed by atoms with Gasteiger partial charge in [0, 0.05) is 25.5 Å². The lowest BCUT2D eigenvalue weighted by molar-refractivity contribution is -0.143. The maximum atomic E-state index is 11.6. The first-order chi connectivity index (χ1) is 9.70. The molecule has 0 N–H and O–H groups in total. The number of aromatic nitrogens is 2. The van der Waals surface area contributed by atoms with Gasteiger partial charge in [-0.2, -0.15) is 0 Å². The second-order valence-corrected chi connectivity index (χ2v) is 5.52. The Labute approximate surface area is 118 Å². The average molecular weight is 277 g/mol. The van der Waals surface area contributed by atoms with E-state index in [0.717, 1.165) is 38.2 Å². The Hall–Kier alpha value is -1.85. The Morgan fingerprint density at radius 2 is 2.00 bits per heavy atom. The number of carbonyl (C=O) groups is 1. The molecular formula is C14H19N3O3. The van der Waals surface area contributed by atoms with Gasteiger partial charge in [0.25, 0.3) is 5.88 Å². The number of methoxy groups -OCH3 is 2. The monoisotopic (exact) mass is 277 g/mol. The highest BCUT2D eigenvalue weighted by Crippen LogP contribution is 2.60. The minimum Gasteiger partial charge on any atom is -0.478 e. The molecule has 20 heavy (non-hydrogen) atoms. The van der Waals surface area contributed by atoms with Crippen molar-refractivity contribution in [1.82, 2.24) is 9.97 Å². The molecule has 1 saturated carbocycles. The van der Waals surface area contributed by atoms with Gasteiger partial charge in [-0.15, -0.1) is 0 Å². The van der Waals surface area contributed by atoms with Gasteiger partial charge in [0.05, 0.1) is 20.1 Å². The van der Waals surface area contributed by atoms with Crippen LogP contribution in [0.25, 0.3) is 0 Å². The van der Waals surface area contributed by atoms with Crippen LogP contribution >= 0.6 is 0 Å². The van der Waals surface area contributed by atoms with Gasteiger partial charge in [0.2, 0.25) is 0 Å². The lowest BCUT2D eigenvalue weighted by Crippen LogP contribution is -2.36. The van der Waals surface area contributed by atoms with E-state index < -0.39 is 0 Å². The zero-order valence-corrected chi connectivity index (χ0v) is 11.8. The molecule has 108 valence electrons. The molecule has 2 fully saturated rings. The van der Waals surface area contributed by atoms with Crippen molar-refractivity contribution in [2.45, 2.75) is 19.3 Å². The van der Waals surface area contributed by atoms with Crippen LogP contribution in [-0.2, 0) is 9.53 Å². The number of carbonyl (C=O) groups excluding carboxylic acids is 1. The third-order valence-electron chi connectivity index (χ3n) is 4.57. The lowest BCUT2D eigenvalue weighted by atomic mass is 9.91. The summed E-state index contributed by atoms with van der Waals surface area (Å²) in [5, 5.41) is 0. The fraction of sp³-hybridized carbons (Fsp3) is 0.643. The van der Waals surface area contributed by atoms with Gasteiger partial charge >= 0.3 is 5.97 Å². The molecule has 1 aromatic heterocycles. The van der Waals surface area contributed by atoms with Crippen molar-refractivity contribution < 1.29 is 14.3 Å². The molecule has 0 radical (unpaired) electrons. The van der Waals surface area contributed by atoms with Crippen molar-refractivity contribution in [3.63, 3.8) is 0 Å². The highest BCUT2D eigenvalue weighted by molar-refractivity contribution is 5.77. The van der Waals surface area contributed by atoms with Crippen molar-refractivity contribution >= 4 is 11.8 Å². The van der Waals surface area contributed by atoms with Crippen LogP contribution in [0.4, 0.5) is 5.82 Å². The summed E-state index contributed by atoms with van der Waals surface area (Å²) >= 11 is 0. The second kappa shape index (κ2) is 4.92. The van der Waals surface area contributed by atoms with Gasteiger partial charge in [0.1, 0.15) is 0 Å².